The smallest absolute Gasteiger partial charge is 0.289 e. The minimum atomic E-state index is -0.465. The lowest BCUT2D eigenvalue weighted by atomic mass is 10.3. The Morgan fingerprint density at radius 2 is 2.06 bits per heavy atom. The zero-order valence-corrected chi connectivity index (χ0v) is 9.86. The van der Waals surface area contributed by atoms with Crippen LogP contribution in [0.2, 0.25) is 0 Å². The second-order valence-corrected chi connectivity index (χ2v) is 3.26. The van der Waals surface area contributed by atoms with Gasteiger partial charge in [0.15, 0.2) is 12.2 Å². The first-order valence-electron chi connectivity index (χ1n) is 4.86. The Morgan fingerprint density at radius 1 is 1.44 bits per heavy atom. The number of carbonyl (C=O) groups excluding carboxylic acids is 1. The molecule has 0 atom stereocenters. The second kappa shape index (κ2) is 5.62. The normalized spacial score (nSPS) is 10.8. The number of nitrogens with one attached hydrogen (secondary N) is 1. The molecule has 0 spiro atoms. The maximum Gasteiger partial charge on any atom is 0.289 e. The summed E-state index contributed by atoms with van der Waals surface area (Å²) < 4.78 is 15.0. The summed E-state index contributed by atoms with van der Waals surface area (Å²) in [5.41, 5.74) is 0.571. The van der Waals surface area contributed by atoms with E-state index in [1.165, 1.54) is 14.2 Å². The molecule has 0 aliphatic carbocycles. The van der Waals surface area contributed by atoms with Gasteiger partial charge in [0.25, 0.3) is 5.91 Å². The number of amides is 1. The molecule has 1 rings (SSSR count). The van der Waals surface area contributed by atoms with Crippen molar-refractivity contribution in [1.82, 2.24) is 10.3 Å². The van der Waals surface area contributed by atoms with Gasteiger partial charge in [-0.2, -0.15) is 0 Å². The molecule has 6 nitrogen and oxygen atoms in total. The number of aryl methyl sites for hydroxylation is 2. The Hall–Kier alpha value is -1.40. The molecule has 6 heteroatoms. The molecule has 1 N–H and O–H groups in total. The van der Waals surface area contributed by atoms with Gasteiger partial charge >= 0.3 is 0 Å². The van der Waals surface area contributed by atoms with Crippen LogP contribution >= 0.6 is 0 Å². The van der Waals surface area contributed by atoms with Crippen LogP contribution in [-0.4, -0.2) is 37.9 Å². The van der Waals surface area contributed by atoms with Crippen LogP contribution in [0, 0.1) is 13.8 Å². The molecule has 0 unspecified atom stereocenters. The highest BCUT2D eigenvalue weighted by molar-refractivity contribution is 5.92. The Morgan fingerprint density at radius 3 is 2.50 bits per heavy atom. The summed E-state index contributed by atoms with van der Waals surface area (Å²) in [6.45, 7) is 3.66. The molecule has 16 heavy (non-hydrogen) atoms. The average molecular weight is 228 g/mol. The first-order chi connectivity index (χ1) is 7.58. The fraction of sp³-hybridized carbons (Fsp3) is 0.600. The number of methoxy groups -OCH3 is 2. The fourth-order valence-electron chi connectivity index (χ4n) is 1.26. The van der Waals surface area contributed by atoms with Crippen molar-refractivity contribution in [3.05, 3.63) is 17.3 Å². The van der Waals surface area contributed by atoms with Crippen LogP contribution < -0.4 is 5.32 Å². The zero-order valence-electron chi connectivity index (χ0n) is 9.86. The van der Waals surface area contributed by atoms with E-state index in [1.807, 2.05) is 0 Å². The van der Waals surface area contributed by atoms with Gasteiger partial charge in [-0.3, -0.25) is 4.79 Å². The largest absolute Gasteiger partial charge is 0.436 e. The maximum atomic E-state index is 11.7. The van der Waals surface area contributed by atoms with Gasteiger partial charge in [-0.25, -0.2) is 4.98 Å². The number of ether oxygens (including phenoxy) is 2. The summed E-state index contributed by atoms with van der Waals surface area (Å²) in [5.74, 6) is 0.373. The van der Waals surface area contributed by atoms with Crippen LogP contribution in [0.3, 0.4) is 0 Å². The predicted molar refractivity (Wildman–Crippen MR) is 56.1 cm³/mol. The van der Waals surface area contributed by atoms with Gasteiger partial charge in [0, 0.05) is 21.1 Å². The number of hydrogen-bond donors (Lipinski definition) is 1. The second-order valence-electron chi connectivity index (χ2n) is 3.26. The van der Waals surface area contributed by atoms with Crippen LogP contribution in [0.4, 0.5) is 0 Å². The Labute approximate surface area is 93.9 Å². The molecule has 1 heterocycles. The minimum Gasteiger partial charge on any atom is -0.436 e. The third-order valence-electron chi connectivity index (χ3n) is 2.06. The van der Waals surface area contributed by atoms with Gasteiger partial charge in [-0.05, 0) is 6.92 Å². The number of rotatable bonds is 5. The molecule has 1 aromatic heterocycles. The molecule has 0 aliphatic heterocycles. The van der Waals surface area contributed by atoms with Gasteiger partial charge in [-0.15, -0.1) is 0 Å². The molecule has 0 saturated carbocycles. The van der Waals surface area contributed by atoms with Crippen molar-refractivity contribution >= 4 is 5.91 Å². The molecule has 1 aromatic rings. The topological polar surface area (TPSA) is 73.6 Å². The average Bonchev–Trinajstić information content (AvgIpc) is 2.59. The van der Waals surface area contributed by atoms with Crippen LogP contribution in [0.15, 0.2) is 4.42 Å². The molecule has 0 aliphatic rings. The van der Waals surface area contributed by atoms with Crippen LogP contribution in [-0.2, 0) is 9.47 Å². The molecule has 0 fully saturated rings. The highest BCUT2D eigenvalue weighted by Crippen LogP contribution is 2.08. The van der Waals surface area contributed by atoms with Gasteiger partial charge < -0.3 is 19.2 Å². The molecule has 0 radical (unpaired) electrons. The van der Waals surface area contributed by atoms with E-state index in [4.69, 9.17) is 13.9 Å². The standard InChI is InChI=1S/C10H16N2O4/c1-6-9(16-7(2)12-6)10(13)11-5-8(14-3)15-4/h8H,5H2,1-4H3,(H,11,13). The zero-order chi connectivity index (χ0) is 12.1. The number of hydrogen-bond acceptors (Lipinski definition) is 5. The van der Waals surface area contributed by atoms with Gasteiger partial charge in [0.2, 0.25) is 5.76 Å². The van der Waals surface area contributed by atoms with E-state index < -0.39 is 6.29 Å². The first-order valence-corrected chi connectivity index (χ1v) is 4.86. The van der Waals surface area contributed by atoms with Crippen molar-refractivity contribution in [3.63, 3.8) is 0 Å². The highest BCUT2D eigenvalue weighted by Gasteiger charge is 2.16. The van der Waals surface area contributed by atoms with Crippen LogP contribution in [0.5, 0.6) is 0 Å². The summed E-state index contributed by atoms with van der Waals surface area (Å²) in [6, 6.07) is 0. The van der Waals surface area contributed by atoms with E-state index in [0.717, 1.165) is 0 Å². The molecule has 0 aromatic carbocycles. The summed E-state index contributed by atoms with van der Waals surface area (Å²) >= 11 is 0. The predicted octanol–water partition coefficient (Wildman–Crippen LogP) is 0.640. The highest BCUT2D eigenvalue weighted by atomic mass is 16.7. The van der Waals surface area contributed by atoms with Crippen molar-refractivity contribution in [2.24, 2.45) is 0 Å². The minimum absolute atomic E-state index is 0.225. The van der Waals surface area contributed by atoms with E-state index in [2.05, 4.69) is 10.3 Å². The van der Waals surface area contributed by atoms with Gasteiger partial charge in [0.05, 0.1) is 12.2 Å². The summed E-state index contributed by atoms with van der Waals surface area (Å²) in [6.07, 6.45) is -0.465. The lowest BCUT2D eigenvalue weighted by Crippen LogP contribution is -2.34. The SMILES string of the molecule is COC(CNC(=O)c1oc(C)nc1C)OC. The third-order valence-corrected chi connectivity index (χ3v) is 2.06. The lowest BCUT2D eigenvalue weighted by Gasteiger charge is -2.13. The van der Waals surface area contributed by atoms with Crippen LogP contribution in [0.1, 0.15) is 22.1 Å². The van der Waals surface area contributed by atoms with Crippen molar-refractivity contribution in [1.29, 1.82) is 0 Å². The molecule has 0 bridgehead atoms. The van der Waals surface area contributed by atoms with Gasteiger partial charge in [0.1, 0.15) is 0 Å². The van der Waals surface area contributed by atoms with Crippen LogP contribution in [0.25, 0.3) is 0 Å². The Balaban J connectivity index is 2.56. The summed E-state index contributed by atoms with van der Waals surface area (Å²) in [4.78, 5) is 15.7. The maximum absolute atomic E-state index is 11.7. The lowest BCUT2D eigenvalue weighted by molar-refractivity contribution is -0.0975. The van der Waals surface area contributed by atoms with Gasteiger partial charge in [-0.1, -0.05) is 0 Å². The fourth-order valence-corrected chi connectivity index (χ4v) is 1.26. The number of carbonyl (C=O) groups is 1. The first kappa shape index (κ1) is 12.7. The monoisotopic (exact) mass is 228 g/mol. The number of aromatic nitrogens is 1. The molecule has 90 valence electrons. The van der Waals surface area contributed by atoms with Crippen molar-refractivity contribution in [3.8, 4) is 0 Å². The molecular formula is C10H16N2O4. The number of nitrogens with zero attached hydrogens (tertiary/aromatic N) is 1. The summed E-state index contributed by atoms with van der Waals surface area (Å²) in [7, 11) is 3.01. The van der Waals surface area contributed by atoms with E-state index in [0.29, 0.717) is 11.6 Å². The van der Waals surface area contributed by atoms with E-state index in [-0.39, 0.29) is 18.2 Å². The number of oxazole rings is 1. The van der Waals surface area contributed by atoms with Crippen molar-refractivity contribution in [2.75, 3.05) is 20.8 Å². The molecule has 1 amide bonds. The summed E-state index contributed by atoms with van der Waals surface area (Å²) in [5, 5.41) is 2.63. The van der Waals surface area contributed by atoms with E-state index in [9.17, 15) is 4.79 Å². The third kappa shape index (κ3) is 3.04. The van der Waals surface area contributed by atoms with E-state index in [1.54, 1.807) is 13.8 Å². The van der Waals surface area contributed by atoms with Crippen molar-refractivity contribution < 1.29 is 18.7 Å². The van der Waals surface area contributed by atoms with E-state index >= 15 is 0 Å². The molecule has 0 saturated heterocycles. The Bertz CT molecular complexity index is 358. The van der Waals surface area contributed by atoms with Crippen molar-refractivity contribution in [2.45, 2.75) is 20.1 Å². The molecular weight excluding hydrogens is 212 g/mol. The quantitative estimate of drug-likeness (QED) is 0.749. The Kier molecular flexibility index (Phi) is 4.45.